The molecule has 0 aromatic rings. The van der Waals surface area contributed by atoms with Crippen molar-refractivity contribution in [3.8, 4) is 0 Å². The van der Waals surface area contributed by atoms with E-state index in [1.165, 1.54) is 25.9 Å². The molecule has 1 saturated heterocycles. The first-order chi connectivity index (χ1) is 8.86. The van der Waals surface area contributed by atoms with Gasteiger partial charge < -0.3 is 25.0 Å². The number of hydrogen-bond donors (Lipinski definition) is 3. The van der Waals surface area contributed by atoms with Crippen LogP contribution in [0.3, 0.4) is 0 Å². The number of quaternary nitrogens is 1. The van der Waals surface area contributed by atoms with Gasteiger partial charge in [-0.05, 0) is 24.7 Å². The fourth-order valence-electron chi connectivity index (χ4n) is 3.53. The van der Waals surface area contributed by atoms with Gasteiger partial charge in [0.05, 0.1) is 26.7 Å². The van der Waals surface area contributed by atoms with Crippen LogP contribution in [0.1, 0.15) is 19.8 Å². The van der Waals surface area contributed by atoms with Crippen LogP contribution in [-0.2, 0) is 9.59 Å². The molecule has 0 aromatic heterocycles. The van der Waals surface area contributed by atoms with Crippen LogP contribution in [0.25, 0.3) is 0 Å². The third kappa shape index (κ3) is 4.18. The van der Waals surface area contributed by atoms with Crippen molar-refractivity contribution in [3.05, 3.63) is 0 Å². The van der Waals surface area contributed by atoms with E-state index in [4.69, 9.17) is 19.8 Å². The van der Waals surface area contributed by atoms with Crippen molar-refractivity contribution < 1.29 is 29.8 Å². The maximum absolute atomic E-state index is 9.33. The smallest absolute Gasteiger partial charge is 0.351 e. The molecule has 6 heteroatoms. The Morgan fingerprint density at radius 2 is 1.84 bits per heavy atom. The summed E-state index contributed by atoms with van der Waals surface area (Å²) in [6.07, 6.45) is 2.75. The Kier molecular flexibility index (Phi) is 5.75. The highest BCUT2D eigenvalue weighted by molar-refractivity contribution is 6.26. The van der Waals surface area contributed by atoms with E-state index in [-0.39, 0.29) is 0 Å². The fourth-order valence-corrected chi connectivity index (χ4v) is 3.53. The van der Waals surface area contributed by atoms with Crippen molar-refractivity contribution in [1.82, 2.24) is 0 Å². The molecule has 0 aromatic carbocycles. The van der Waals surface area contributed by atoms with Gasteiger partial charge in [0.1, 0.15) is 0 Å². The lowest BCUT2D eigenvalue weighted by Crippen LogP contribution is -3.12. The minimum absolute atomic E-state index is 0.408. The van der Waals surface area contributed by atoms with Crippen molar-refractivity contribution in [1.29, 1.82) is 0 Å². The molecular formula is C13H23NO5. The van der Waals surface area contributed by atoms with Crippen LogP contribution in [-0.4, -0.2) is 48.9 Å². The first-order valence-electron chi connectivity index (χ1n) is 6.73. The van der Waals surface area contributed by atoms with Crippen LogP contribution in [0.2, 0.25) is 0 Å². The fraction of sp³-hybridized carbons (Fsp3) is 0.846. The van der Waals surface area contributed by atoms with E-state index >= 15 is 0 Å². The van der Waals surface area contributed by atoms with Gasteiger partial charge in [-0.3, -0.25) is 0 Å². The highest BCUT2D eigenvalue weighted by atomic mass is 16.4. The average molecular weight is 273 g/mol. The van der Waals surface area contributed by atoms with Gasteiger partial charge in [-0.2, -0.15) is 0 Å². The van der Waals surface area contributed by atoms with Gasteiger partial charge in [-0.15, -0.1) is 0 Å². The van der Waals surface area contributed by atoms with Gasteiger partial charge in [0.25, 0.3) is 0 Å². The summed E-state index contributed by atoms with van der Waals surface area (Å²) in [6.45, 7) is 5.32. The van der Waals surface area contributed by atoms with Crippen LogP contribution < -0.4 is 10.0 Å². The molecule has 0 radical (unpaired) electrons. The number of piperidine rings is 1. The minimum atomic E-state index is -2.07. The highest BCUT2D eigenvalue weighted by Gasteiger charge is 2.44. The topological polar surface area (TPSA) is 102 Å². The summed E-state index contributed by atoms with van der Waals surface area (Å²) in [4.78, 5) is 19.6. The van der Waals surface area contributed by atoms with Crippen molar-refractivity contribution in [3.63, 3.8) is 0 Å². The molecule has 19 heavy (non-hydrogen) atoms. The number of rotatable bonds is 1. The molecule has 1 unspecified atom stereocenters. The summed E-state index contributed by atoms with van der Waals surface area (Å²) in [5, 5.41) is 25.6. The van der Waals surface area contributed by atoms with Gasteiger partial charge in [0.15, 0.2) is 5.97 Å². The molecule has 6 nitrogen and oxygen atoms in total. The van der Waals surface area contributed by atoms with E-state index in [2.05, 4.69) is 14.0 Å². The second-order valence-electron chi connectivity index (χ2n) is 5.78. The summed E-state index contributed by atoms with van der Waals surface area (Å²) in [5.74, 6) is -0.794. The molecule has 2 aliphatic rings. The number of aliphatic hydroxyl groups is 1. The summed E-state index contributed by atoms with van der Waals surface area (Å²) in [5.41, 5.74) is 0. The molecule has 1 aliphatic heterocycles. The molecule has 2 rings (SSSR count). The minimum Gasteiger partial charge on any atom is -0.539 e. The van der Waals surface area contributed by atoms with Crippen LogP contribution >= 0.6 is 0 Å². The van der Waals surface area contributed by atoms with Gasteiger partial charge in [-0.25, -0.2) is 4.79 Å². The predicted molar refractivity (Wildman–Crippen MR) is 65.2 cm³/mol. The lowest BCUT2D eigenvalue weighted by molar-refractivity contribution is -0.895. The standard InChI is InChI=1S/C11H21NO.C2H2O4/c1-8-3-4-10-9(7-13)5-12(2)6-11(8)10;3-1(4)2(5)6/h8-11,13H,3-7H2,1-2H3;(H,3,4)(H,5,6)/t8-,9-,10+,11+;/m1./s1. The van der Waals surface area contributed by atoms with Gasteiger partial charge in [-0.1, -0.05) is 6.92 Å². The molecule has 110 valence electrons. The van der Waals surface area contributed by atoms with E-state index < -0.39 is 11.9 Å². The lowest BCUT2D eigenvalue weighted by Gasteiger charge is -2.37. The van der Waals surface area contributed by atoms with Gasteiger partial charge in [0.2, 0.25) is 0 Å². The molecule has 1 heterocycles. The highest BCUT2D eigenvalue weighted by Crippen LogP contribution is 2.41. The zero-order valence-electron chi connectivity index (χ0n) is 11.5. The number of likely N-dealkylation sites (tertiary alicyclic amines) is 1. The average Bonchev–Trinajstić information content (AvgIpc) is 2.71. The molecule has 0 spiro atoms. The first kappa shape index (κ1) is 15.9. The zero-order valence-corrected chi connectivity index (χ0v) is 11.5. The summed E-state index contributed by atoms with van der Waals surface area (Å²) < 4.78 is 0. The summed E-state index contributed by atoms with van der Waals surface area (Å²) in [6, 6.07) is 0. The van der Waals surface area contributed by atoms with Gasteiger partial charge >= 0.3 is 5.97 Å². The number of aliphatic hydroxyl groups excluding tert-OH is 1. The van der Waals surface area contributed by atoms with E-state index in [1.807, 2.05) is 0 Å². The number of aliphatic carboxylic acids is 2. The lowest BCUT2D eigenvalue weighted by atomic mass is 9.78. The summed E-state index contributed by atoms with van der Waals surface area (Å²) >= 11 is 0. The Morgan fingerprint density at radius 3 is 2.32 bits per heavy atom. The summed E-state index contributed by atoms with van der Waals surface area (Å²) in [7, 11) is 2.27. The number of nitrogens with one attached hydrogen (secondary N) is 1. The SMILES string of the molecule is C[C@@H]1CC[C@H]2[C@@H](CO)C[NH+](C)C[C@H]21.O=C([O-])C(=O)O. The normalized spacial score (nSPS) is 36.9. The molecule has 3 N–H and O–H groups in total. The Labute approximate surface area is 113 Å². The van der Waals surface area contributed by atoms with Crippen LogP contribution in [0.5, 0.6) is 0 Å². The zero-order chi connectivity index (χ0) is 14.6. The van der Waals surface area contributed by atoms with Crippen LogP contribution in [0, 0.1) is 23.7 Å². The molecule has 0 amide bonds. The maximum atomic E-state index is 9.33. The quantitative estimate of drug-likeness (QED) is 0.463. The van der Waals surface area contributed by atoms with Crippen molar-refractivity contribution in [2.24, 2.45) is 23.7 Å². The molecule has 1 saturated carbocycles. The predicted octanol–water partition coefficient (Wildman–Crippen LogP) is -2.39. The number of carboxylic acids is 2. The molecule has 5 atom stereocenters. The second kappa shape index (κ2) is 6.86. The van der Waals surface area contributed by atoms with Crippen LogP contribution in [0.4, 0.5) is 0 Å². The Morgan fingerprint density at radius 1 is 1.26 bits per heavy atom. The number of carboxylic acid groups (broad SMARTS) is 2. The largest absolute Gasteiger partial charge is 0.539 e. The molecule has 1 aliphatic carbocycles. The Balaban J connectivity index is 0.000000258. The third-order valence-corrected chi connectivity index (χ3v) is 4.45. The number of carbonyl (C=O) groups is 2. The van der Waals surface area contributed by atoms with E-state index in [0.29, 0.717) is 12.5 Å². The van der Waals surface area contributed by atoms with Crippen molar-refractivity contribution in [2.45, 2.75) is 19.8 Å². The van der Waals surface area contributed by atoms with Crippen molar-refractivity contribution >= 4 is 11.9 Å². The Bertz CT molecular complexity index is 321. The van der Waals surface area contributed by atoms with E-state index in [9.17, 15) is 5.11 Å². The monoisotopic (exact) mass is 273 g/mol. The number of carbonyl (C=O) groups excluding carboxylic acids is 1. The number of hydrogen-bond acceptors (Lipinski definition) is 4. The van der Waals surface area contributed by atoms with E-state index in [0.717, 1.165) is 17.8 Å². The van der Waals surface area contributed by atoms with Gasteiger partial charge in [0, 0.05) is 11.8 Å². The molecule has 0 bridgehead atoms. The molecular weight excluding hydrogens is 250 g/mol. The number of fused-ring (bicyclic) bond motifs is 1. The first-order valence-corrected chi connectivity index (χ1v) is 6.73. The van der Waals surface area contributed by atoms with Crippen molar-refractivity contribution in [2.75, 3.05) is 26.7 Å². The second-order valence-corrected chi connectivity index (χ2v) is 5.78. The third-order valence-electron chi connectivity index (χ3n) is 4.45. The van der Waals surface area contributed by atoms with E-state index in [1.54, 1.807) is 4.90 Å². The Hall–Kier alpha value is -1.14. The maximum Gasteiger partial charge on any atom is 0.351 e. The van der Waals surface area contributed by atoms with Crippen LogP contribution in [0.15, 0.2) is 0 Å². The molecule has 2 fully saturated rings.